The lowest BCUT2D eigenvalue weighted by molar-refractivity contribution is -0.136. The number of hydrogen-bond donors (Lipinski definition) is 0. The molecule has 0 saturated carbocycles. The van der Waals surface area contributed by atoms with Crippen molar-refractivity contribution in [2.75, 3.05) is 6.61 Å². The van der Waals surface area contributed by atoms with Crippen molar-refractivity contribution in [3.63, 3.8) is 0 Å². The highest BCUT2D eigenvalue weighted by Gasteiger charge is 2.08. The van der Waals surface area contributed by atoms with Gasteiger partial charge in [-0.1, -0.05) is 11.6 Å². The molecule has 4 nitrogen and oxygen atoms in total. The van der Waals surface area contributed by atoms with E-state index in [0.717, 1.165) is 5.76 Å². The summed E-state index contributed by atoms with van der Waals surface area (Å²) in [6.07, 6.45) is 2.70. The summed E-state index contributed by atoms with van der Waals surface area (Å²) in [5, 5.41) is 0.542. The smallest absolute Gasteiger partial charge is 0.331 e. The second-order valence-corrected chi connectivity index (χ2v) is 4.76. The van der Waals surface area contributed by atoms with Crippen LogP contribution in [0.4, 0.5) is 0 Å². The average molecular weight is 305 g/mol. The van der Waals surface area contributed by atoms with Gasteiger partial charge in [0.05, 0.1) is 0 Å². The number of aryl methyl sites for hydroxylation is 1. The first-order valence-corrected chi connectivity index (χ1v) is 6.62. The molecule has 0 radical (unpaired) electrons. The maximum Gasteiger partial charge on any atom is 0.331 e. The molecule has 5 heteroatoms. The third-order valence-corrected chi connectivity index (χ3v) is 2.91. The number of ketones is 1. The third-order valence-electron chi connectivity index (χ3n) is 2.66. The lowest BCUT2D eigenvalue weighted by atomic mass is 10.1. The fourth-order valence-corrected chi connectivity index (χ4v) is 1.72. The van der Waals surface area contributed by atoms with Crippen molar-refractivity contribution >= 4 is 29.4 Å². The number of halogens is 1. The lowest BCUT2D eigenvalue weighted by Gasteiger charge is -2.01. The molecule has 108 valence electrons. The molecule has 0 unspecified atom stereocenters. The highest BCUT2D eigenvalue weighted by atomic mass is 35.5. The minimum atomic E-state index is -0.605. The van der Waals surface area contributed by atoms with Crippen LogP contribution < -0.4 is 0 Å². The van der Waals surface area contributed by atoms with E-state index in [1.54, 1.807) is 43.3 Å². The van der Waals surface area contributed by atoms with Gasteiger partial charge in [0.1, 0.15) is 11.5 Å². The highest BCUT2D eigenvalue weighted by Crippen LogP contribution is 2.10. The van der Waals surface area contributed by atoms with E-state index in [-0.39, 0.29) is 12.4 Å². The van der Waals surface area contributed by atoms with E-state index >= 15 is 0 Å². The molecule has 0 amide bonds. The van der Waals surface area contributed by atoms with E-state index < -0.39 is 5.97 Å². The molecule has 21 heavy (non-hydrogen) atoms. The van der Waals surface area contributed by atoms with Crippen molar-refractivity contribution in [1.29, 1.82) is 0 Å². The Balaban J connectivity index is 1.85. The van der Waals surface area contributed by atoms with Crippen molar-refractivity contribution in [1.82, 2.24) is 0 Å². The molecule has 0 atom stereocenters. The Morgan fingerprint density at radius 1 is 1.19 bits per heavy atom. The molecule has 2 rings (SSSR count). The molecule has 1 heterocycles. The first-order valence-electron chi connectivity index (χ1n) is 6.24. The van der Waals surface area contributed by atoms with Crippen molar-refractivity contribution in [2.45, 2.75) is 6.92 Å². The molecule has 0 bridgehead atoms. The van der Waals surface area contributed by atoms with Crippen molar-refractivity contribution in [3.05, 3.63) is 64.6 Å². The van der Waals surface area contributed by atoms with Gasteiger partial charge in [0, 0.05) is 16.7 Å². The monoisotopic (exact) mass is 304 g/mol. The summed E-state index contributed by atoms with van der Waals surface area (Å²) >= 11 is 5.73. The molecule has 0 aliphatic rings. The quantitative estimate of drug-likeness (QED) is 0.480. The number of Topliss-reactive ketones (excluding diaryl/α,β-unsaturated/α-hetero) is 1. The van der Waals surface area contributed by atoms with E-state index in [1.807, 2.05) is 0 Å². The molecule has 1 aromatic heterocycles. The SMILES string of the molecule is Cc1ccc(/C=C/C(=O)OCC(=O)c2ccc(Cl)cc2)o1. The number of esters is 1. The molecule has 0 fully saturated rings. The van der Waals surface area contributed by atoms with E-state index in [0.29, 0.717) is 16.3 Å². The Hall–Kier alpha value is -2.33. The Bertz CT molecular complexity index is 668. The summed E-state index contributed by atoms with van der Waals surface area (Å²) in [4.78, 5) is 23.3. The van der Waals surface area contributed by atoms with Gasteiger partial charge < -0.3 is 9.15 Å². The normalized spacial score (nSPS) is 10.8. The predicted molar refractivity (Wildman–Crippen MR) is 79.2 cm³/mol. The number of ether oxygens (including phenoxy) is 1. The van der Waals surface area contributed by atoms with Gasteiger partial charge in [0.2, 0.25) is 0 Å². The molecule has 0 saturated heterocycles. The van der Waals surface area contributed by atoms with Crippen LogP contribution in [0.1, 0.15) is 21.9 Å². The number of benzene rings is 1. The van der Waals surface area contributed by atoms with Gasteiger partial charge >= 0.3 is 5.97 Å². The van der Waals surface area contributed by atoms with Gasteiger partial charge in [-0.05, 0) is 49.4 Å². The zero-order chi connectivity index (χ0) is 15.2. The number of rotatable bonds is 5. The fraction of sp³-hybridized carbons (Fsp3) is 0.125. The summed E-state index contributed by atoms with van der Waals surface area (Å²) < 4.78 is 10.1. The van der Waals surface area contributed by atoms with Crippen LogP contribution in [0.5, 0.6) is 0 Å². The summed E-state index contributed by atoms with van der Waals surface area (Å²) in [5.74, 6) is 0.406. The second-order valence-electron chi connectivity index (χ2n) is 4.32. The van der Waals surface area contributed by atoms with Crippen LogP contribution in [0.15, 0.2) is 46.9 Å². The Labute approximate surface area is 127 Å². The largest absolute Gasteiger partial charge is 0.462 e. The number of furan rings is 1. The van der Waals surface area contributed by atoms with Crippen LogP contribution in [0, 0.1) is 6.92 Å². The standard InChI is InChI=1S/C16H13ClO4/c1-11-2-7-14(21-11)8-9-16(19)20-10-15(18)12-3-5-13(17)6-4-12/h2-9H,10H2,1H3/b9-8+. The predicted octanol–water partition coefficient (Wildman–Crippen LogP) is 3.68. The van der Waals surface area contributed by atoms with Gasteiger partial charge in [0.15, 0.2) is 12.4 Å². The first-order chi connectivity index (χ1) is 10.0. The summed E-state index contributed by atoms with van der Waals surface area (Å²) in [7, 11) is 0. The summed E-state index contributed by atoms with van der Waals surface area (Å²) in [5.41, 5.74) is 0.442. The van der Waals surface area contributed by atoms with Crippen LogP contribution in [0.2, 0.25) is 5.02 Å². The van der Waals surface area contributed by atoms with E-state index in [1.165, 1.54) is 12.2 Å². The van der Waals surface area contributed by atoms with Crippen LogP contribution in [0.25, 0.3) is 6.08 Å². The molecular formula is C16H13ClO4. The zero-order valence-corrected chi connectivity index (χ0v) is 12.1. The van der Waals surface area contributed by atoms with Crippen LogP contribution in [-0.2, 0) is 9.53 Å². The van der Waals surface area contributed by atoms with Crippen molar-refractivity contribution in [3.8, 4) is 0 Å². The zero-order valence-electron chi connectivity index (χ0n) is 11.3. The lowest BCUT2D eigenvalue weighted by Crippen LogP contribution is -2.12. The molecule has 0 aliphatic heterocycles. The molecule has 1 aromatic carbocycles. The maximum atomic E-state index is 11.8. The highest BCUT2D eigenvalue weighted by molar-refractivity contribution is 6.30. The van der Waals surface area contributed by atoms with Gasteiger partial charge in [-0.3, -0.25) is 4.79 Å². The molecular weight excluding hydrogens is 292 g/mol. The van der Waals surface area contributed by atoms with E-state index in [4.69, 9.17) is 20.8 Å². The Morgan fingerprint density at radius 2 is 1.90 bits per heavy atom. The molecule has 0 aliphatic carbocycles. The van der Waals surface area contributed by atoms with Gasteiger partial charge in [-0.2, -0.15) is 0 Å². The molecule has 0 N–H and O–H groups in total. The maximum absolute atomic E-state index is 11.8. The van der Waals surface area contributed by atoms with Crippen LogP contribution >= 0.6 is 11.6 Å². The number of hydrogen-bond acceptors (Lipinski definition) is 4. The fourth-order valence-electron chi connectivity index (χ4n) is 1.60. The second kappa shape index (κ2) is 6.90. The van der Waals surface area contributed by atoms with Gasteiger partial charge in [0.25, 0.3) is 0 Å². The molecule has 2 aromatic rings. The molecule has 0 spiro atoms. The minimum absolute atomic E-state index is 0.290. The van der Waals surface area contributed by atoms with E-state index in [2.05, 4.69) is 0 Å². The van der Waals surface area contributed by atoms with Crippen molar-refractivity contribution in [2.24, 2.45) is 0 Å². The number of carbonyl (C=O) groups excluding carboxylic acids is 2. The summed E-state index contributed by atoms with van der Waals surface area (Å²) in [6, 6.07) is 9.90. The number of carbonyl (C=O) groups is 2. The Morgan fingerprint density at radius 3 is 2.52 bits per heavy atom. The summed E-state index contributed by atoms with van der Waals surface area (Å²) in [6.45, 7) is 1.49. The van der Waals surface area contributed by atoms with Crippen LogP contribution in [-0.4, -0.2) is 18.4 Å². The Kier molecular flexibility index (Phi) is 4.95. The van der Waals surface area contributed by atoms with Crippen LogP contribution in [0.3, 0.4) is 0 Å². The van der Waals surface area contributed by atoms with E-state index in [9.17, 15) is 9.59 Å². The van der Waals surface area contributed by atoms with Gasteiger partial charge in [-0.25, -0.2) is 4.79 Å². The first kappa shape index (κ1) is 15.1. The van der Waals surface area contributed by atoms with Gasteiger partial charge in [-0.15, -0.1) is 0 Å². The third kappa shape index (κ3) is 4.61. The average Bonchev–Trinajstić information content (AvgIpc) is 2.89. The van der Waals surface area contributed by atoms with Crippen molar-refractivity contribution < 1.29 is 18.7 Å². The topological polar surface area (TPSA) is 56.5 Å². The minimum Gasteiger partial charge on any atom is -0.462 e.